The Morgan fingerprint density at radius 1 is 2.00 bits per heavy atom. The highest BCUT2D eigenvalue weighted by atomic mass is 16.5. The van der Waals surface area contributed by atoms with E-state index in [-0.39, 0.29) is 6.04 Å². The minimum atomic E-state index is -2.01. The maximum absolute atomic E-state index is 6.77. The fourth-order valence-corrected chi connectivity index (χ4v) is 0.319. The van der Waals surface area contributed by atoms with Gasteiger partial charge >= 0.3 is 0 Å². The summed E-state index contributed by atoms with van der Waals surface area (Å²) < 4.78 is 25.1. The first-order valence-electron chi connectivity index (χ1n) is 3.43. The van der Waals surface area contributed by atoms with Gasteiger partial charge in [0.1, 0.15) is 0 Å². The molecule has 1 aliphatic heterocycles. The molecule has 1 heterocycles. The number of likely N-dealkylation sites (N-methyl/N-ethyl adjacent to an activating group) is 1. The van der Waals surface area contributed by atoms with Crippen LogP contribution in [0.4, 0.5) is 0 Å². The first kappa shape index (κ1) is 1.80. The van der Waals surface area contributed by atoms with E-state index in [2.05, 4.69) is 5.32 Å². The third-order valence-corrected chi connectivity index (χ3v) is 0.842. The highest BCUT2D eigenvalue weighted by Gasteiger charge is 2.13. The molecule has 0 aromatic heterocycles. The van der Waals surface area contributed by atoms with Crippen LogP contribution in [0.2, 0.25) is 0 Å². The van der Waals surface area contributed by atoms with Crippen LogP contribution < -0.4 is 5.32 Å². The Bertz CT molecular complexity index is 98.5. The molecule has 1 saturated heterocycles. The van der Waals surface area contributed by atoms with Crippen LogP contribution in [0.1, 0.15) is 4.11 Å². The molecule has 0 spiro atoms. The van der Waals surface area contributed by atoms with Crippen molar-refractivity contribution in [3.63, 3.8) is 0 Å². The molecule has 1 fully saturated rings. The molecule has 0 bridgehead atoms. The molecule has 2 nitrogen and oxygen atoms in total. The Morgan fingerprint density at radius 2 is 2.83 bits per heavy atom. The lowest BCUT2D eigenvalue weighted by atomic mass is 10.3. The second-order valence-corrected chi connectivity index (χ2v) is 1.38. The molecular formula is C4H9NO. The van der Waals surface area contributed by atoms with Crippen LogP contribution in [0.15, 0.2) is 0 Å². The monoisotopic (exact) mass is 90.1 g/mol. The largest absolute Gasteiger partial charge is 0.378 e. The zero-order valence-corrected chi connectivity index (χ0v) is 3.40. The van der Waals surface area contributed by atoms with Crippen molar-refractivity contribution in [1.82, 2.24) is 5.32 Å². The number of hydrogen-bond donors (Lipinski definition) is 1. The van der Waals surface area contributed by atoms with Gasteiger partial charge in [0.25, 0.3) is 0 Å². The summed E-state index contributed by atoms with van der Waals surface area (Å²) in [4.78, 5) is 0. The number of ether oxygens (including phenoxy) is 1. The summed E-state index contributed by atoms with van der Waals surface area (Å²) in [5, 5.41) is 2.43. The summed E-state index contributed by atoms with van der Waals surface area (Å²) in [5.41, 5.74) is 0. The fraction of sp³-hybridized carbons (Fsp3) is 1.00. The van der Waals surface area contributed by atoms with Crippen molar-refractivity contribution in [2.45, 2.75) is 6.04 Å². The summed E-state index contributed by atoms with van der Waals surface area (Å²) in [6.45, 7) is -0.953. The van der Waals surface area contributed by atoms with Gasteiger partial charge in [-0.2, -0.15) is 0 Å². The van der Waals surface area contributed by atoms with Crippen LogP contribution in [-0.4, -0.2) is 26.2 Å². The van der Waals surface area contributed by atoms with Crippen molar-refractivity contribution in [3.8, 4) is 0 Å². The zero-order valence-electron chi connectivity index (χ0n) is 6.40. The minimum Gasteiger partial charge on any atom is -0.378 e. The second-order valence-electron chi connectivity index (χ2n) is 1.38. The van der Waals surface area contributed by atoms with Gasteiger partial charge in [0.15, 0.2) is 0 Å². The van der Waals surface area contributed by atoms with Gasteiger partial charge in [0.2, 0.25) is 0 Å². The van der Waals surface area contributed by atoms with Gasteiger partial charge in [-0.3, -0.25) is 0 Å². The first-order chi connectivity index (χ1) is 4.08. The Kier molecular flexibility index (Phi) is 0.474. The Morgan fingerprint density at radius 3 is 3.00 bits per heavy atom. The van der Waals surface area contributed by atoms with Crippen LogP contribution in [0, 0.1) is 0 Å². The van der Waals surface area contributed by atoms with E-state index in [0.717, 1.165) is 0 Å². The van der Waals surface area contributed by atoms with E-state index in [0.29, 0.717) is 13.2 Å². The van der Waals surface area contributed by atoms with Crippen LogP contribution >= 0.6 is 0 Å². The Balaban J connectivity index is 2.16. The minimum absolute atomic E-state index is 0.0394. The van der Waals surface area contributed by atoms with E-state index >= 15 is 0 Å². The lowest BCUT2D eigenvalue weighted by molar-refractivity contribution is -0.00169. The number of hydrogen-bond acceptors (Lipinski definition) is 2. The molecule has 6 heavy (non-hydrogen) atoms. The van der Waals surface area contributed by atoms with Crippen LogP contribution in [-0.2, 0) is 4.74 Å². The van der Waals surface area contributed by atoms with Crippen molar-refractivity contribution in [3.05, 3.63) is 0 Å². The SMILES string of the molecule is [2H]C([2H])([2H])NC1COC1. The third-order valence-electron chi connectivity index (χ3n) is 0.842. The van der Waals surface area contributed by atoms with Gasteiger partial charge in [-0.05, 0) is 6.98 Å². The lowest BCUT2D eigenvalue weighted by Gasteiger charge is -2.24. The van der Waals surface area contributed by atoms with E-state index < -0.39 is 6.98 Å². The average molecular weight is 90.1 g/mol. The van der Waals surface area contributed by atoms with Gasteiger partial charge < -0.3 is 10.1 Å². The summed E-state index contributed by atoms with van der Waals surface area (Å²) in [6.07, 6.45) is 0. The molecule has 0 amide bonds. The smallest absolute Gasteiger partial charge is 0.0642 e. The van der Waals surface area contributed by atoms with Gasteiger partial charge in [-0.25, -0.2) is 0 Å². The lowest BCUT2D eigenvalue weighted by Crippen LogP contribution is -2.43. The van der Waals surface area contributed by atoms with Gasteiger partial charge in [0, 0.05) is 4.11 Å². The topological polar surface area (TPSA) is 21.3 Å². The van der Waals surface area contributed by atoms with Crippen LogP contribution in [0.5, 0.6) is 0 Å². The van der Waals surface area contributed by atoms with E-state index in [1.54, 1.807) is 0 Å². The molecule has 0 aromatic carbocycles. The Hall–Kier alpha value is -0.0800. The molecule has 0 aliphatic carbocycles. The molecule has 1 rings (SSSR count). The normalized spacial score (nSPS) is 33.0. The molecule has 2 heteroatoms. The standard InChI is InChI=1S/C4H9NO/c1-5-4-2-6-3-4/h4-5H,2-3H2,1H3/i1D3. The molecule has 0 aromatic rings. The van der Waals surface area contributed by atoms with Crippen LogP contribution in [0.3, 0.4) is 0 Å². The van der Waals surface area contributed by atoms with Crippen LogP contribution in [0.25, 0.3) is 0 Å². The highest BCUT2D eigenvalue weighted by Crippen LogP contribution is 1.96. The Labute approximate surface area is 41.7 Å². The second kappa shape index (κ2) is 1.58. The van der Waals surface area contributed by atoms with Crippen molar-refractivity contribution in [2.24, 2.45) is 0 Å². The predicted octanol–water partition coefficient (Wildman–Crippen LogP) is -0.395. The van der Waals surface area contributed by atoms with Crippen molar-refractivity contribution >= 4 is 0 Å². The summed E-state index contributed by atoms with van der Waals surface area (Å²) >= 11 is 0. The summed E-state index contributed by atoms with van der Waals surface area (Å²) in [5.74, 6) is 0. The molecule has 36 valence electrons. The molecule has 0 unspecified atom stereocenters. The van der Waals surface area contributed by atoms with Gasteiger partial charge in [-0.1, -0.05) is 0 Å². The molecule has 0 saturated carbocycles. The summed E-state index contributed by atoms with van der Waals surface area (Å²) in [7, 11) is 0. The fourth-order valence-electron chi connectivity index (χ4n) is 0.319. The van der Waals surface area contributed by atoms with Gasteiger partial charge in [-0.15, -0.1) is 0 Å². The van der Waals surface area contributed by atoms with Gasteiger partial charge in [0.05, 0.1) is 19.3 Å². The third kappa shape index (κ3) is 0.533. The first-order valence-corrected chi connectivity index (χ1v) is 1.93. The van der Waals surface area contributed by atoms with Crippen molar-refractivity contribution in [1.29, 1.82) is 0 Å². The zero-order chi connectivity index (χ0) is 6.91. The highest BCUT2D eigenvalue weighted by molar-refractivity contribution is 4.69. The molecule has 0 atom stereocenters. The number of rotatable bonds is 1. The maximum Gasteiger partial charge on any atom is 0.0642 e. The molecule has 1 aliphatic rings. The van der Waals surface area contributed by atoms with Crippen molar-refractivity contribution in [2.75, 3.05) is 20.2 Å². The van der Waals surface area contributed by atoms with E-state index in [9.17, 15) is 0 Å². The van der Waals surface area contributed by atoms with E-state index in [1.807, 2.05) is 0 Å². The average Bonchev–Trinajstić information content (AvgIpc) is 1.53. The summed E-state index contributed by atoms with van der Waals surface area (Å²) in [6, 6.07) is 0.0394. The van der Waals surface area contributed by atoms with Crippen molar-refractivity contribution < 1.29 is 8.85 Å². The van der Waals surface area contributed by atoms with E-state index in [1.165, 1.54) is 0 Å². The number of nitrogens with one attached hydrogen (secondary N) is 1. The van der Waals surface area contributed by atoms with E-state index in [4.69, 9.17) is 8.85 Å². The molecule has 1 N–H and O–H groups in total. The maximum atomic E-state index is 6.77. The molecule has 0 radical (unpaired) electrons. The molecular weight excluding hydrogens is 78.0 g/mol. The quantitative estimate of drug-likeness (QED) is 0.473. The predicted molar refractivity (Wildman–Crippen MR) is 23.7 cm³/mol.